The minimum absolute atomic E-state index is 0.592. The van der Waals surface area contributed by atoms with E-state index >= 15 is 0 Å². The molecule has 5 nitrogen and oxygen atoms in total. The van der Waals surface area contributed by atoms with Crippen molar-refractivity contribution in [1.29, 1.82) is 0 Å². The lowest BCUT2D eigenvalue weighted by molar-refractivity contribution is 0.415. The summed E-state index contributed by atoms with van der Waals surface area (Å²) < 4.78 is 12.9. The molecule has 2 aromatic heterocycles. The topological polar surface area (TPSA) is 53.1 Å². The van der Waals surface area contributed by atoms with Crippen LogP contribution in [0.4, 0.5) is 0 Å². The predicted octanol–water partition coefficient (Wildman–Crippen LogP) is 4.93. The lowest BCUT2D eigenvalue weighted by Crippen LogP contribution is -2.04. The molecule has 0 N–H and O–H groups in total. The van der Waals surface area contributed by atoms with Crippen LogP contribution in [0.25, 0.3) is 11.4 Å². The van der Waals surface area contributed by atoms with Gasteiger partial charge in [-0.25, -0.2) is 0 Å². The number of nitrogens with zero attached hydrogens (tertiary/aromatic N) is 3. The highest BCUT2D eigenvalue weighted by Crippen LogP contribution is 2.27. The summed E-state index contributed by atoms with van der Waals surface area (Å²) in [4.78, 5) is 0. The van der Waals surface area contributed by atoms with E-state index in [2.05, 4.69) is 39.0 Å². The molecule has 0 bridgehead atoms. The summed E-state index contributed by atoms with van der Waals surface area (Å²) in [6.07, 6.45) is 2.67. The van der Waals surface area contributed by atoms with Gasteiger partial charge in [0.15, 0.2) is 11.0 Å². The van der Waals surface area contributed by atoms with Gasteiger partial charge in [0.25, 0.3) is 0 Å². The van der Waals surface area contributed by atoms with Gasteiger partial charge in [0.2, 0.25) is 0 Å². The van der Waals surface area contributed by atoms with Crippen LogP contribution in [-0.2, 0) is 13.0 Å². The zero-order chi connectivity index (χ0) is 19.2. The Hall–Kier alpha value is -2.99. The molecule has 0 aliphatic heterocycles. The van der Waals surface area contributed by atoms with Crippen molar-refractivity contribution in [3.63, 3.8) is 0 Å². The molecule has 2 heterocycles. The second-order valence-electron chi connectivity index (χ2n) is 6.28. The molecule has 0 aliphatic rings. The number of hydrogen-bond donors (Lipinski definition) is 0. The van der Waals surface area contributed by atoms with Gasteiger partial charge in [0.1, 0.15) is 11.5 Å². The van der Waals surface area contributed by atoms with Gasteiger partial charge in [0, 0.05) is 11.3 Å². The first-order chi connectivity index (χ1) is 13.8. The normalized spacial score (nSPS) is 10.9. The van der Waals surface area contributed by atoms with Gasteiger partial charge < -0.3 is 9.15 Å². The average molecular weight is 391 g/mol. The molecular weight excluding hydrogens is 370 g/mol. The van der Waals surface area contributed by atoms with Crippen molar-refractivity contribution < 1.29 is 9.15 Å². The Kier molecular flexibility index (Phi) is 5.77. The summed E-state index contributed by atoms with van der Waals surface area (Å²) in [5, 5.41) is 9.79. The van der Waals surface area contributed by atoms with Crippen LogP contribution >= 0.6 is 11.8 Å². The average Bonchev–Trinajstić information content (AvgIpc) is 3.40. The first-order valence-electron chi connectivity index (χ1n) is 9.10. The van der Waals surface area contributed by atoms with Crippen molar-refractivity contribution in [2.75, 3.05) is 12.9 Å². The molecule has 2 aromatic carbocycles. The Morgan fingerprint density at radius 1 is 0.964 bits per heavy atom. The molecule has 0 fully saturated rings. The van der Waals surface area contributed by atoms with E-state index in [1.165, 1.54) is 5.56 Å². The maximum Gasteiger partial charge on any atom is 0.191 e. The maximum atomic E-state index is 5.56. The lowest BCUT2D eigenvalue weighted by Gasteiger charge is -2.09. The molecule has 0 spiro atoms. The smallest absolute Gasteiger partial charge is 0.191 e. The number of methoxy groups -OCH3 is 1. The summed E-state index contributed by atoms with van der Waals surface area (Å²) in [6, 6.07) is 22.2. The molecular formula is C22H21N3O2S. The van der Waals surface area contributed by atoms with Gasteiger partial charge in [-0.1, -0.05) is 42.1 Å². The number of furan rings is 1. The van der Waals surface area contributed by atoms with Crippen molar-refractivity contribution in [3.8, 4) is 17.1 Å². The number of rotatable bonds is 8. The SMILES string of the molecule is COc1ccc(-c2nnc(SCCc3ccccc3)n2Cc2ccco2)cc1. The van der Waals surface area contributed by atoms with E-state index in [0.29, 0.717) is 6.54 Å². The van der Waals surface area contributed by atoms with Gasteiger partial charge >= 0.3 is 0 Å². The molecule has 0 aliphatic carbocycles. The van der Waals surface area contributed by atoms with E-state index in [-0.39, 0.29) is 0 Å². The number of thioether (sulfide) groups is 1. The van der Waals surface area contributed by atoms with Crippen LogP contribution in [0.2, 0.25) is 0 Å². The fourth-order valence-corrected chi connectivity index (χ4v) is 3.88. The monoisotopic (exact) mass is 391 g/mol. The van der Waals surface area contributed by atoms with Crippen LogP contribution in [-0.4, -0.2) is 27.6 Å². The quantitative estimate of drug-likeness (QED) is 0.399. The van der Waals surface area contributed by atoms with Crippen LogP contribution in [0, 0.1) is 0 Å². The van der Waals surface area contributed by atoms with Gasteiger partial charge in [0.05, 0.1) is 19.9 Å². The molecule has 0 saturated heterocycles. The molecule has 4 rings (SSSR count). The zero-order valence-corrected chi connectivity index (χ0v) is 16.4. The van der Waals surface area contributed by atoms with E-state index in [0.717, 1.165) is 40.2 Å². The summed E-state index contributed by atoms with van der Waals surface area (Å²) in [5.74, 6) is 3.45. The first kappa shape index (κ1) is 18.4. The molecule has 6 heteroatoms. The minimum atomic E-state index is 0.592. The van der Waals surface area contributed by atoms with Crippen molar-refractivity contribution in [1.82, 2.24) is 14.8 Å². The van der Waals surface area contributed by atoms with Crippen molar-refractivity contribution in [2.45, 2.75) is 18.1 Å². The van der Waals surface area contributed by atoms with E-state index < -0.39 is 0 Å². The Bertz CT molecular complexity index is 996. The third-order valence-electron chi connectivity index (χ3n) is 4.42. The molecule has 0 radical (unpaired) electrons. The minimum Gasteiger partial charge on any atom is -0.497 e. The van der Waals surface area contributed by atoms with E-state index in [4.69, 9.17) is 9.15 Å². The van der Waals surface area contributed by atoms with Crippen LogP contribution < -0.4 is 4.74 Å². The number of benzene rings is 2. The van der Waals surface area contributed by atoms with Crippen LogP contribution in [0.5, 0.6) is 5.75 Å². The number of aromatic nitrogens is 3. The summed E-state index contributed by atoms with van der Waals surface area (Å²) in [6.45, 7) is 0.592. The van der Waals surface area contributed by atoms with Crippen molar-refractivity contribution >= 4 is 11.8 Å². The second-order valence-corrected chi connectivity index (χ2v) is 7.35. The number of ether oxygens (including phenoxy) is 1. The molecule has 142 valence electrons. The van der Waals surface area contributed by atoms with Gasteiger partial charge in [-0.2, -0.15) is 0 Å². The predicted molar refractivity (Wildman–Crippen MR) is 111 cm³/mol. The van der Waals surface area contributed by atoms with Crippen LogP contribution in [0.1, 0.15) is 11.3 Å². The van der Waals surface area contributed by atoms with E-state index in [1.807, 2.05) is 42.5 Å². The first-order valence-corrected chi connectivity index (χ1v) is 10.1. The van der Waals surface area contributed by atoms with Gasteiger partial charge in [-0.15, -0.1) is 10.2 Å². The Morgan fingerprint density at radius 2 is 1.79 bits per heavy atom. The molecule has 0 saturated carbocycles. The largest absolute Gasteiger partial charge is 0.497 e. The summed E-state index contributed by atoms with van der Waals surface area (Å²) >= 11 is 1.71. The molecule has 0 unspecified atom stereocenters. The fraction of sp³-hybridized carbons (Fsp3) is 0.182. The van der Waals surface area contributed by atoms with Crippen LogP contribution in [0.15, 0.2) is 82.6 Å². The maximum absolute atomic E-state index is 5.56. The van der Waals surface area contributed by atoms with Crippen LogP contribution in [0.3, 0.4) is 0 Å². The van der Waals surface area contributed by atoms with E-state index in [1.54, 1.807) is 25.1 Å². The summed E-state index contributed by atoms with van der Waals surface area (Å²) in [7, 11) is 1.66. The highest BCUT2D eigenvalue weighted by Gasteiger charge is 2.16. The summed E-state index contributed by atoms with van der Waals surface area (Å²) in [5.41, 5.74) is 2.32. The second kappa shape index (κ2) is 8.80. The van der Waals surface area contributed by atoms with Crippen molar-refractivity contribution in [2.24, 2.45) is 0 Å². The highest BCUT2D eigenvalue weighted by molar-refractivity contribution is 7.99. The zero-order valence-electron chi connectivity index (χ0n) is 15.6. The Balaban J connectivity index is 1.57. The van der Waals surface area contributed by atoms with Gasteiger partial charge in [-0.05, 0) is 48.4 Å². The number of hydrogen-bond acceptors (Lipinski definition) is 5. The fourth-order valence-electron chi connectivity index (χ4n) is 2.95. The Morgan fingerprint density at radius 3 is 2.50 bits per heavy atom. The van der Waals surface area contributed by atoms with E-state index in [9.17, 15) is 0 Å². The molecule has 0 amide bonds. The highest BCUT2D eigenvalue weighted by atomic mass is 32.2. The molecule has 0 atom stereocenters. The number of aryl methyl sites for hydroxylation is 1. The van der Waals surface area contributed by atoms with Gasteiger partial charge in [-0.3, -0.25) is 4.57 Å². The standard InChI is InChI=1S/C22H21N3O2S/c1-26-19-11-9-18(10-12-19)21-23-24-22(25(21)16-20-8-5-14-27-20)28-15-13-17-6-3-2-4-7-17/h2-12,14H,13,15-16H2,1H3. The third-order valence-corrected chi connectivity index (χ3v) is 5.39. The molecule has 28 heavy (non-hydrogen) atoms. The van der Waals surface area contributed by atoms with Crippen molar-refractivity contribution in [3.05, 3.63) is 84.3 Å². The third kappa shape index (κ3) is 4.28. The lowest BCUT2D eigenvalue weighted by atomic mass is 10.2. The Labute approximate surface area is 168 Å². The molecule has 4 aromatic rings.